The molecule has 0 spiro atoms. The van der Waals surface area contributed by atoms with Crippen molar-refractivity contribution in [3.05, 3.63) is 80.2 Å². The molecule has 14 nitrogen and oxygen atoms in total. The van der Waals surface area contributed by atoms with Crippen molar-refractivity contribution < 1.29 is 41.7 Å². The van der Waals surface area contributed by atoms with Gasteiger partial charge in [0.15, 0.2) is 11.4 Å². The molecule has 19 heteroatoms. The average Bonchev–Trinajstić information content (AvgIpc) is 3.55. The van der Waals surface area contributed by atoms with Crippen molar-refractivity contribution in [1.29, 1.82) is 0 Å². The average molecular weight is 721 g/mol. The van der Waals surface area contributed by atoms with Crippen molar-refractivity contribution >= 4 is 46.3 Å². The molecule has 0 unspecified atom stereocenters. The van der Waals surface area contributed by atoms with E-state index in [0.717, 1.165) is 17.5 Å². The number of aromatic nitrogens is 5. The molecule has 5 heterocycles. The lowest BCUT2D eigenvalue weighted by molar-refractivity contribution is -0.140. The van der Waals surface area contributed by atoms with Gasteiger partial charge in [0.05, 0.1) is 16.3 Å². The van der Waals surface area contributed by atoms with Gasteiger partial charge < -0.3 is 34.3 Å². The summed E-state index contributed by atoms with van der Waals surface area (Å²) in [5.74, 6) is -3.15. The maximum absolute atomic E-state index is 14.6. The molecule has 1 aromatic carbocycles. The number of nitrogens with one attached hydrogen (secondary N) is 1. The van der Waals surface area contributed by atoms with Crippen molar-refractivity contribution in [1.82, 2.24) is 29.0 Å². The summed E-state index contributed by atoms with van der Waals surface area (Å²) in [5, 5.41) is 17.1. The molecule has 2 N–H and O–H groups in total. The summed E-state index contributed by atoms with van der Waals surface area (Å²) < 4.78 is 67.7. The third-order valence-electron chi connectivity index (χ3n) is 8.26. The van der Waals surface area contributed by atoms with Crippen LogP contribution in [0.25, 0.3) is 11.5 Å². The molecule has 0 bridgehead atoms. The zero-order chi connectivity index (χ0) is 35.9. The first kappa shape index (κ1) is 34.5. The number of benzene rings is 1. The van der Waals surface area contributed by atoms with E-state index < -0.39 is 52.8 Å². The maximum Gasteiger partial charge on any atom is 0.419 e. The van der Waals surface area contributed by atoms with Crippen LogP contribution in [-0.2, 0) is 33.4 Å². The Hall–Kier alpha value is -5.39. The number of nitrogens with zero attached hydrogens (tertiary/aromatic N) is 7. The fraction of sp³-hybridized carbons (Fsp3) is 0.355. The van der Waals surface area contributed by atoms with E-state index in [2.05, 4.69) is 20.4 Å². The SMILES string of the molecule is CCc1c(N2CCN(C(=O)c3nccc(Cl)c3O)CC2)c(=O)n2nc(C3=COCCO3)nc2n1CC(=O)Nc1ccc(C(F)(F)F)c(F)c1C. The van der Waals surface area contributed by atoms with Gasteiger partial charge in [-0.3, -0.25) is 14.4 Å². The molecule has 3 aromatic heterocycles. The van der Waals surface area contributed by atoms with Gasteiger partial charge in [-0.2, -0.15) is 22.7 Å². The fourth-order valence-corrected chi connectivity index (χ4v) is 5.91. The molecule has 1 saturated heterocycles. The molecular formula is C31H29ClF4N8O6. The monoisotopic (exact) mass is 720 g/mol. The summed E-state index contributed by atoms with van der Waals surface area (Å²) in [6.07, 6.45) is -2.11. The summed E-state index contributed by atoms with van der Waals surface area (Å²) in [7, 11) is 0. The van der Waals surface area contributed by atoms with Crippen molar-refractivity contribution in [3.63, 3.8) is 0 Å². The van der Waals surface area contributed by atoms with Crippen LogP contribution in [0.3, 0.4) is 0 Å². The van der Waals surface area contributed by atoms with E-state index in [-0.39, 0.29) is 78.7 Å². The van der Waals surface area contributed by atoms with Crippen LogP contribution in [0.2, 0.25) is 5.02 Å². The molecule has 6 rings (SSSR count). The Morgan fingerprint density at radius 1 is 1.12 bits per heavy atom. The first-order chi connectivity index (χ1) is 23.8. The molecule has 2 aliphatic rings. The Balaban J connectivity index is 1.36. The number of rotatable bonds is 7. The van der Waals surface area contributed by atoms with E-state index in [9.17, 15) is 37.1 Å². The number of hydrogen-bond acceptors (Lipinski definition) is 10. The first-order valence-corrected chi connectivity index (χ1v) is 15.7. The van der Waals surface area contributed by atoms with E-state index in [1.807, 2.05) is 0 Å². The molecule has 0 saturated carbocycles. The Kier molecular flexibility index (Phi) is 9.30. The molecule has 1 fully saturated rings. The van der Waals surface area contributed by atoms with Gasteiger partial charge in [-0.25, -0.2) is 9.37 Å². The topological polar surface area (TPSA) is 156 Å². The number of ether oxygens (including phenoxy) is 2. The highest BCUT2D eigenvalue weighted by molar-refractivity contribution is 6.32. The number of hydrogen-bond donors (Lipinski definition) is 2. The van der Waals surface area contributed by atoms with E-state index in [4.69, 9.17) is 21.1 Å². The van der Waals surface area contributed by atoms with Crippen molar-refractivity contribution in [2.24, 2.45) is 0 Å². The first-order valence-electron chi connectivity index (χ1n) is 15.3. The van der Waals surface area contributed by atoms with Gasteiger partial charge in [-0.15, -0.1) is 5.10 Å². The van der Waals surface area contributed by atoms with Crippen LogP contribution in [0.5, 0.6) is 5.75 Å². The van der Waals surface area contributed by atoms with Gasteiger partial charge in [0.25, 0.3) is 11.5 Å². The Morgan fingerprint density at radius 3 is 2.52 bits per heavy atom. The van der Waals surface area contributed by atoms with Crippen LogP contribution >= 0.6 is 11.6 Å². The largest absolute Gasteiger partial charge is 0.504 e. The fourth-order valence-electron chi connectivity index (χ4n) is 5.76. The van der Waals surface area contributed by atoms with Crippen LogP contribution in [0.4, 0.5) is 28.9 Å². The van der Waals surface area contributed by atoms with E-state index in [0.29, 0.717) is 18.4 Å². The van der Waals surface area contributed by atoms with Crippen LogP contribution in [0.1, 0.15) is 40.1 Å². The number of anilines is 2. The highest BCUT2D eigenvalue weighted by Gasteiger charge is 2.35. The Morgan fingerprint density at radius 2 is 1.86 bits per heavy atom. The number of piperazine rings is 1. The minimum atomic E-state index is -4.92. The molecule has 0 aliphatic carbocycles. The lowest BCUT2D eigenvalue weighted by Gasteiger charge is -2.36. The van der Waals surface area contributed by atoms with Crippen molar-refractivity contribution in [2.45, 2.75) is 33.0 Å². The van der Waals surface area contributed by atoms with Crippen molar-refractivity contribution in [2.75, 3.05) is 49.6 Å². The standard InChI is InChI=1S/C31H29ClF4N8O6/c1-3-20-25(41-8-10-42(11-9-41)28(47)24-26(46)18(32)6-7-37-24)29(48)44-30(39-27(40-44)21-15-49-12-13-50-21)43(20)14-22(45)38-19-5-4-17(31(34,35)36)23(33)16(19)2/h4-7,15,46H,3,8-14H2,1-2H3,(H,38,45). The second kappa shape index (κ2) is 13.5. The van der Waals surface area contributed by atoms with Crippen LogP contribution < -0.4 is 15.8 Å². The third kappa shape index (κ3) is 6.37. The minimum absolute atomic E-state index is 0.0000572. The van der Waals surface area contributed by atoms with Crippen molar-refractivity contribution in [3.8, 4) is 5.75 Å². The summed E-state index contributed by atoms with van der Waals surface area (Å²) in [5.41, 5.74) is -2.28. The number of halogens is 5. The molecule has 2 aliphatic heterocycles. The summed E-state index contributed by atoms with van der Waals surface area (Å²) in [6, 6.07) is 2.86. The van der Waals surface area contributed by atoms with Gasteiger partial charge in [-0.05, 0) is 31.5 Å². The molecule has 0 atom stereocenters. The molecule has 4 aromatic rings. The predicted molar refractivity (Wildman–Crippen MR) is 170 cm³/mol. The van der Waals surface area contributed by atoms with E-state index in [1.165, 1.54) is 28.0 Å². The van der Waals surface area contributed by atoms with E-state index >= 15 is 0 Å². The quantitative estimate of drug-likeness (QED) is 0.271. The van der Waals surface area contributed by atoms with Gasteiger partial charge in [0.1, 0.15) is 37.5 Å². The second-order valence-electron chi connectivity index (χ2n) is 11.3. The Bertz CT molecular complexity index is 2090. The highest BCUT2D eigenvalue weighted by atomic mass is 35.5. The minimum Gasteiger partial charge on any atom is -0.504 e. The highest BCUT2D eigenvalue weighted by Crippen LogP contribution is 2.35. The molecule has 50 heavy (non-hydrogen) atoms. The van der Waals surface area contributed by atoms with Gasteiger partial charge in [0.2, 0.25) is 23.3 Å². The van der Waals surface area contributed by atoms with Crippen LogP contribution in [-0.4, -0.2) is 85.4 Å². The number of fused-ring (bicyclic) bond motifs is 1. The molecule has 264 valence electrons. The smallest absolute Gasteiger partial charge is 0.419 e. The predicted octanol–water partition coefficient (Wildman–Crippen LogP) is 3.62. The van der Waals surface area contributed by atoms with Crippen LogP contribution in [0.15, 0.2) is 35.5 Å². The lowest BCUT2D eigenvalue weighted by atomic mass is 10.1. The number of alkyl halides is 3. The summed E-state index contributed by atoms with van der Waals surface area (Å²) in [6.45, 7) is 3.47. The second-order valence-corrected chi connectivity index (χ2v) is 11.7. The normalized spacial score (nSPS) is 15.1. The Labute approximate surface area is 285 Å². The van der Waals surface area contributed by atoms with E-state index in [1.54, 1.807) is 11.8 Å². The zero-order valence-corrected chi connectivity index (χ0v) is 27.3. The molecule has 0 radical (unpaired) electrons. The number of pyridine rings is 1. The van der Waals surface area contributed by atoms with Crippen LogP contribution in [0, 0.1) is 12.7 Å². The number of carbonyl (C=O) groups excluding carboxylic acids is 2. The lowest BCUT2D eigenvalue weighted by Crippen LogP contribution is -2.51. The number of aromatic hydroxyl groups is 1. The third-order valence-corrected chi connectivity index (χ3v) is 8.56. The molecular weight excluding hydrogens is 692 g/mol. The van der Waals surface area contributed by atoms with Gasteiger partial charge >= 0.3 is 6.18 Å². The van der Waals surface area contributed by atoms with Gasteiger partial charge in [-0.1, -0.05) is 18.5 Å². The summed E-state index contributed by atoms with van der Waals surface area (Å²) in [4.78, 5) is 52.3. The zero-order valence-electron chi connectivity index (χ0n) is 26.6. The van der Waals surface area contributed by atoms with Gasteiger partial charge in [0, 0.05) is 43.6 Å². The number of amides is 2. The summed E-state index contributed by atoms with van der Waals surface area (Å²) >= 11 is 5.96. The number of carbonyl (C=O) groups is 2. The molecule has 2 amide bonds. The maximum atomic E-state index is 14.6.